The predicted octanol–water partition coefficient (Wildman–Crippen LogP) is 6.95. The van der Waals surface area contributed by atoms with E-state index < -0.39 is 0 Å². The van der Waals surface area contributed by atoms with Gasteiger partial charge in [0.2, 0.25) is 0 Å². The maximum Gasteiger partial charge on any atom is 0.137 e. The Hall–Kier alpha value is -3.46. The summed E-state index contributed by atoms with van der Waals surface area (Å²) < 4.78 is 18.6. The Kier molecular flexibility index (Phi) is 5.26. The van der Waals surface area contributed by atoms with Crippen molar-refractivity contribution in [3.63, 3.8) is 0 Å². The number of fused-ring (bicyclic) bond motifs is 3. The van der Waals surface area contributed by atoms with Gasteiger partial charge in [-0.15, -0.1) is 0 Å². The minimum Gasteiger partial charge on any atom is -0.489 e. The van der Waals surface area contributed by atoms with Gasteiger partial charge in [-0.25, -0.2) is 0 Å². The zero-order valence-corrected chi connectivity index (χ0v) is 18.9. The molecule has 3 heteroatoms. The lowest BCUT2D eigenvalue weighted by atomic mass is 9.95. The van der Waals surface area contributed by atoms with Crippen molar-refractivity contribution >= 4 is 17.7 Å². The SMILES string of the molecule is CCc1ccc(C2=Cc3ccc4c(c3OC2)C=CC(C)(C)O4)cc1OCc1ccccc1. The molecule has 5 rings (SSSR count). The van der Waals surface area contributed by atoms with Crippen molar-refractivity contribution in [1.29, 1.82) is 0 Å². The molecule has 2 aliphatic heterocycles. The predicted molar refractivity (Wildman–Crippen MR) is 130 cm³/mol. The summed E-state index contributed by atoms with van der Waals surface area (Å²) in [6.45, 7) is 7.35. The summed E-state index contributed by atoms with van der Waals surface area (Å²) >= 11 is 0. The van der Waals surface area contributed by atoms with E-state index in [2.05, 4.69) is 75.4 Å². The maximum atomic E-state index is 6.24. The van der Waals surface area contributed by atoms with E-state index in [9.17, 15) is 0 Å². The second-order valence-corrected chi connectivity index (χ2v) is 8.84. The Labute approximate surface area is 190 Å². The van der Waals surface area contributed by atoms with E-state index in [1.165, 1.54) is 5.56 Å². The first kappa shape index (κ1) is 20.4. The zero-order chi connectivity index (χ0) is 22.1. The molecule has 3 nitrogen and oxygen atoms in total. The van der Waals surface area contributed by atoms with Gasteiger partial charge >= 0.3 is 0 Å². The average molecular weight is 425 g/mol. The van der Waals surface area contributed by atoms with Gasteiger partial charge in [0.25, 0.3) is 0 Å². The maximum absolute atomic E-state index is 6.24. The second kappa shape index (κ2) is 8.23. The average Bonchev–Trinajstić information content (AvgIpc) is 2.82. The van der Waals surface area contributed by atoms with Gasteiger partial charge in [0.1, 0.15) is 36.1 Å². The van der Waals surface area contributed by atoms with Crippen LogP contribution in [0.25, 0.3) is 17.7 Å². The highest BCUT2D eigenvalue weighted by Gasteiger charge is 2.26. The van der Waals surface area contributed by atoms with Crippen LogP contribution in [0.15, 0.2) is 66.7 Å². The Morgan fingerprint density at radius 3 is 2.66 bits per heavy atom. The molecule has 3 aromatic carbocycles. The van der Waals surface area contributed by atoms with Crippen molar-refractivity contribution in [3.05, 3.63) is 94.6 Å². The summed E-state index contributed by atoms with van der Waals surface area (Å²) in [5.41, 5.74) is 6.44. The first-order valence-electron chi connectivity index (χ1n) is 11.2. The molecule has 0 atom stereocenters. The third-order valence-electron chi connectivity index (χ3n) is 5.97. The Morgan fingerprint density at radius 1 is 1.00 bits per heavy atom. The largest absolute Gasteiger partial charge is 0.489 e. The fourth-order valence-corrected chi connectivity index (χ4v) is 4.18. The molecule has 0 fully saturated rings. The molecule has 0 aliphatic carbocycles. The smallest absolute Gasteiger partial charge is 0.137 e. The second-order valence-electron chi connectivity index (χ2n) is 8.84. The summed E-state index contributed by atoms with van der Waals surface area (Å²) in [4.78, 5) is 0. The Balaban J connectivity index is 1.44. The summed E-state index contributed by atoms with van der Waals surface area (Å²) in [5, 5.41) is 0. The highest BCUT2D eigenvalue weighted by Crippen LogP contribution is 2.42. The summed E-state index contributed by atoms with van der Waals surface area (Å²) in [5.74, 6) is 2.70. The van der Waals surface area contributed by atoms with Crippen LogP contribution in [0.1, 0.15) is 48.6 Å². The van der Waals surface area contributed by atoms with Gasteiger partial charge in [-0.3, -0.25) is 0 Å². The topological polar surface area (TPSA) is 27.7 Å². The number of aryl methyl sites for hydroxylation is 1. The molecule has 0 amide bonds. The molecule has 3 aromatic rings. The lowest BCUT2D eigenvalue weighted by molar-refractivity contribution is 0.158. The van der Waals surface area contributed by atoms with Gasteiger partial charge in [-0.1, -0.05) is 49.4 Å². The molecule has 0 unspecified atom stereocenters. The molecule has 0 aromatic heterocycles. The highest BCUT2D eigenvalue weighted by molar-refractivity contribution is 5.88. The van der Waals surface area contributed by atoms with Gasteiger partial charge in [-0.2, -0.15) is 0 Å². The summed E-state index contributed by atoms with van der Waals surface area (Å²) in [6, 6.07) is 20.9. The van der Waals surface area contributed by atoms with E-state index in [0.717, 1.165) is 51.5 Å². The molecule has 0 spiro atoms. The number of hydrogen-bond donors (Lipinski definition) is 0. The molecule has 0 saturated heterocycles. The number of rotatable bonds is 5. The molecule has 0 N–H and O–H groups in total. The highest BCUT2D eigenvalue weighted by atomic mass is 16.5. The fourth-order valence-electron chi connectivity index (χ4n) is 4.18. The van der Waals surface area contributed by atoms with Crippen molar-refractivity contribution in [2.75, 3.05) is 6.61 Å². The van der Waals surface area contributed by atoms with Crippen molar-refractivity contribution in [2.45, 2.75) is 39.4 Å². The first-order chi connectivity index (χ1) is 15.5. The van der Waals surface area contributed by atoms with Crippen LogP contribution >= 0.6 is 0 Å². The van der Waals surface area contributed by atoms with Gasteiger partial charge in [0.15, 0.2) is 0 Å². The van der Waals surface area contributed by atoms with Gasteiger partial charge in [-0.05, 0) is 79.0 Å². The van der Waals surface area contributed by atoms with Crippen molar-refractivity contribution in [2.24, 2.45) is 0 Å². The van der Waals surface area contributed by atoms with E-state index in [-0.39, 0.29) is 5.60 Å². The monoisotopic (exact) mass is 424 g/mol. The van der Waals surface area contributed by atoms with E-state index >= 15 is 0 Å². The van der Waals surface area contributed by atoms with Crippen LogP contribution in [-0.4, -0.2) is 12.2 Å². The van der Waals surface area contributed by atoms with Gasteiger partial charge in [0, 0.05) is 5.56 Å². The Morgan fingerprint density at radius 2 is 1.84 bits per heavy atom. The van der Waals surface area contributed by atoms with Crippen LogP contribution in [0, 0.1) is 0 Å². The molecular formula is C29H28O3. The third-order valence-corrected chi connectivity index (χ3v) is 5.97. The van der Waals surface area contributed by atoms with E-state index in [0.29, 0.717) is 13.2 Å². The van der Waals surface area contributed by atoms with Gasteiger partial charge in [0.05, 0.1) is 5.56 Å². The minimum atomic E-state index is -0.298. The van der Waals surface area contributed by atoms with Crippen LogP contribution in [0.4, 0.5) is 0 Å². The molecule has 32 heavy (non-hydrogen) atoms. The Bertz CT molecular complexity index is 1200. The van der Waals surface area contributed by atoms with Crippen molar-refractivity contribution < 1.29 is 14.2 Å². The molecule has 0 bridgehead atoms. The molecule has 2 aliphatic rings. The normalized spacial score (nSPS) is 15.7. The number of benzene rings is 3. The van der Waals surface area contributed by atoms with Crippen LogP contribution < -0.4 is 14.2 Å². The van der Waals surface area contributed by atoms with Crippen LogP contribution in [0.2, 0.25) is 0 Å². The van der Waals surface area contributed by atoms with E-state index in [4.69, 9.17) is 14.2 Å². The first-order valence-corrected chi connectivity index (χ1v) is 11.2. The summed E-state index contributed by atoms with van der Waals surface area (Å²) in [6.07, 6.45) is 7.34. The third kappa shape index (κ3) is 4.03. The van der Waals surface area contributed by atoms with Gasteiger partial charge < -0.3 is 14.2 Å². The van der Waals surface area contributed by atoms with E-state index in [1.807, 2.05) is 24.3 Å². The minimum absolute atomic E-state index is 0.298. The van der Waals surface area contributed by atoms with Crippen LogP contribution in [0.3, 0.4) is 0 Å². The molecule has 0 saturated carbocycles. The summed E-state index contributed by atoms with van der Waals surface area (Å²) in [7, 11) is 0. The molecule has 162 valence electrons. The fraction of sp³-hybridized carbons (Fsp3) is 0.241. The molecule has 2 heterocycles. The number of hydrogen-bond acceptors (Lipinski definition) is 3. The molecular weight excluding hydrogens is 396 g/mol. The van der Waals surface area contributed by atoms with Crippen molar-refractivity contribution in [1.82, 2.24) is 0 Å². The quantitative estimate of drug-likeness (QED) is 0.444. The lowest BCUT2D eigenvalue weighted by Gasteiger charge is -2.30. The van der Waals surface area contributed by atoms with E-state index in [1.54, 1.807) is 0 Å². The number of ether oxygens (including phenoxy) is 3. The van der Waals surface area contributed by atoms with Crippen molar-refractivity contribution in [3.8, 4) is 17.2 Å². The van der Waals surface area contributed by atoms with Crippen LogP contribution in [-0.2, 0) is 13.0 Å². The lowest BCUT2D eigenvalue weighted by Crippen LogP contribution is -2.27. The standard InChI is InChI=1S/C29H28O3/c1-4-21-10-11-22(17-27(21)30-18-20-8-6-5-7-9-20)24-16-23-12-13-26-25(28(23)31-19-24)14-15-29(2,3)32-26/h5-17H,4,18-19H2,1-3H3. The zero-order valence-electron chi connectivity index (χ0n) is 18.9. The molecule has 0 radical (unpaired) electrons. The van der Waals surface area contributed by atoms with Crippen LogP contribution in [0.5, 0.6) is 17.2 Å².